The summed E-state index contributed by atoms with van der Waals surface area (Å²) < 4.78 is 45.2. The van der Waals surface area contributed by atoms with Gasteiger partial charge in [-0.2, -0.15) is 0 Å². The summed E-state index contributed by atoms with van der Waals surface area (Å²) in [6, 6.07) is 2.72. The summed E-state index contributed by atoms with van der Waals surface area (Å²) in [5.74, 6) is -2.85. The van der Waals surface area contributed by atoms with Crippen LogP contribution in [0.3, 0.4) is 0 Å². The van der Waals surface area contributed by atoms with Gasteiger partial charge in [0.1, 0.15) is 22.9 Å². The largest absolute Gasteiger partial charge is 0.491 e. The molecule has 0 unspecified atom stereocenters. The number of nitrogens with zero attached hydrogens (tertiary/aromatic N) is 1. The molecule has 0 bridgehead atoms. The summed E-state index contributed by atoms with van der Waals surface area (Å²) in [4.78, 5) is 39.7. The van der Waals surface area contributed by atoms with E-state index in [4.69, 9.17) is 14.2 Å². The van der Waals surface area contributed by atoms with Crippen LogP contribution in [0.4, 0.5) is 8.78 Å². The third-order valence-corrected chi connectivity index (χ3v) is 6.70. The summed E-state index contributed by atoms with van der Waals surface area (Å²) in [6.45, 7) is 2.30. The number of nitrogens with one attached hydrogen (secondary N) is 1. The molecule has 2 aromatic rings. The van der Waals surface area contributed by atoms with Crippen molar-refractivity contribution in [3.63, 3.8) is 0 Å². The van der Waals surface area contributed by atoms with E-state index in [1.165, 1.54) is 19.4 Å². The van der Waals surface area contributed by atoms with E-state index in [2.05, 4.69) is 5.32 Å². The Morgan fingerprint density at radius 2 is 2.06 bits per heavy atom. The number of carbonyl (C=O) groups excluding carboxylic acids is 2. The number of pyridine rings is 1. The van der Waals surface area contributed by atoms with Crippen LogP contribution in [0.2, 0.25) is 0 Å². The van der Waals surface area contributed by atoms with Crippen molar-refractivity contribution in [3.05, 3.63) is 63.1 Å². The van der Waals surface area contributed by atoms with Crippen LogP contribution in [0.25, 0.3) is 0 Å². The van der Waals surface area contributed by atoms with Crippen LogP contribution in [-0.4, -0.2) is 49.8 Å². The molecule has 3 heterocycles. The molecule has 182 valence electrons. The number of carbonyl (C=O) groups is 2. The fraction of sp³-hybridized carbons (Fsp3) is 0.458. The summed E-state index contributed by atoms with van der Waals surface area (Å²) in [6.07, 6.45) is 1.86. The summed E-state index contributed by atoms with van der Waals surface area (Å²) in [5.41, 5.74) is -1.76. The SMILES string of the molecule is COCC[C@]1(C)C(=O)c2c(OC)c(=O)c(C(=O)NCc3ccc(F)cc3F)cn2[C@H]2CCO[C@H]21. The number of rotatable bonds is 7. The van der Waals surface area contributed by atoms with Gasteiger partial charge in [0.2, 0.25) is 5.43 Å². The Hall–Kier alpha value is -3.11. The van der Waals surface area contributed by atoms with E-state index < -0.39 is 34.5 Å². The van der Waals surface area contributed by atoms with Gasteiger partial charge >= 0.3 is 0 Å². The Labute approximate surface area is 194 Å². The highest BCUT2D eigenvalue weighted by Gasteiger charge is 2.54. The maximum atomic E-state index is 13.9. The molecule has 1 fully saturated rings. The topological polar surface area (TPSA) is 95.9 Å². The number of hydrogen-bond donors (Lipinski definition) is 1. The van der Waals surface area contributed by atoms with Crippen molar-refractivity contribution >= 4 is 11.7 Å². The third-order valence-electron chi connectivity index (χ3n) is 6.70. The Morgan fingerprint density at radius 1 is 1.29 bits per heavy atom. The van der Waals surface area contributed by atoms with E-state index >= 15 is 0 Å². The molecule has 1 N–H and O–H groups in total. The average molecular weight is 476 g/mol. The lowest BCUT2D eigenvalue weighted by Crippen LogP contribution is -2.51. The van der Waals surface area contributed by atoms with Gasteiger partial charge in [-0.1, -0.05) is 6.07 Å². The number of fused-ring (bicyclic) bond motifs is 3. The standard InChI is InChI=1S/C24H26F2N2O6/c1-24(7-9-32-2)21(30)18-20(33-3)19(29)15(12-28(18)17-6-8-34-22(17)24)23(31)27-11-13-4-5-14(25)10-16(13)26/h4-5,10,12,17,22H,6-9,11H2,1-3H3,(H,27,31)/t17-,22+,24+/m0/s1. The van der Waals surface area contributed by atoms with Gasteiger partial charge < -0.3 is 24.1 Å². The molecule has 0 radical (unpaired) electrons. The molecule has 2 aliphatic rings. The van der Waals surface area contributed by atoms with Crippen LogP contribution in [0.5, 0.6) is 5.75 Å². The number of benzene rings is 1. The third kappa shape index (κ3) is 3.90. The van der Waals surface area contributed by atoms with E-state index in [1.807, 2.05) is 0 Å². The smallest absolute Gasteiger partial charge is 0.257 e. The van der Waals surface area contributed by atoms with E-state index in [-0.39, 0.29) is 40.9 Å². The minimum atomic E-state index is -0.930. The van der Waals surface area contributed by atoms with Crippen molar-refractivity contribution in [2.75, 3.05) is 27.4 Å². The van der Waals surface area contributed by atoms with E-state index in [9.17, 15) is 23.2 Å². The zero-order valence-electron chi connectivity index (χ0n) is 19.2. The average Bonchev–Trinajstić information content (AvgIpc) is 3.31. The summed E-state index contributed by atoms with van der Waals surface area (Å²) in [7, 11) is 2.82. The number of amides is 1. The highest BCUT2D eigenvalue weighted by molar-refractivity contribution is 6.04. The van der Waals surface area contributed by atoms with Gasteiger partial charge in [0.05, 0.1) is 24.7 Å². The molecule has 0 aliphatic carbocycles. The van der Waals surface area contributed by atoms with Crippen LogP contribution in [0, 0.1) is 17.0 Å². The lowest BCUT2D eigenvalue weighted by molar-refractivity contribution is -0.0222. The van der Waals surface area contributed by atoms with Crippen LogP contribution in [0.1, 0.15) is 52.2 Å². The van der Waals surface area contributed by atoms with Gasteiger partial charge in [-0.3, -0.25) is 14.4 Å². The van der Waals surface area contributed by atoms with Gasteiger partial charge in [0.15, 0.2) is 11.5 Å². The fourth-order valence-electron chi connectivity index (χ4n) is 4.82. The van der Waals surface area contributed by atoms with Crippen molar-refractivity contribution in [1.29, 1.82) is 0 Å². The highest BCUT2D eigenvalue weighted by atomic mass is 19.1. The predicted molar refractivity (Wildman–Crippen MR) is 117 cm³/mol. The first-order valence-corrected chi connectivity index (χ1v) is 10.9. The Morgan fingerprint density at radius 3 is 2.74 bits per heavy atom. The van der Waals surface area contributed by atoms with Crippen molar-refractivity contribution in [2.45, 2.75) is 38.5 Å². The summed E-state index contributed by atoms with van der Waals surface area (Å²) >= 11 is 0. The van der Waals surface area contributed by atoms with Gasteiger partial charge in [0, 0.05) is 44.7 Å². The second-order valence-electron chi connectivity index (χ2n) is 8.72. The number of aromatic nitrogens is 1. The first-order valence-electron chi connectivity index (χ1n) is 10.9. The van der Waals surface area contributed by atoms with Gasteiger partial charge in [-0.15, -0.1) is 0 Å². The highest BCUT2D eigenvalue weighted by Crippen LogP contribution is 2.48. The number of hydrogen-bond acceptors (Lipinski definition) is 6. The first kappa shape index (κ1) is 24.0. The normalized spacial score (nSPS) is 23.4. The van der Waals surface area contributed by atoms with E-state index in [0.29, 0.717) is 32.1 Å². The van der Waals surface area contributed by atoms with Crippen molar-refractivity contribution in [2.24, 2.45) is 5.41 Å². The molecule has 3 atom stereocenters. The van der Waals surface area contributed by atoms with Crippen LogP contribution >= 0.6 is 0 Å². The van der Waals surface area contributed by atoms with Gasteiger partial charge in [-0.05, 0) is 25.8 Å². The maximum Gasteiger partial charge on any atom is 0.257 e. The van der Waals surface area contributed by atoms with E-state index in [1.54, 1.807) is 18.6 Å². The zero-order chi connectivity index (χ0) is 24.6. The molecule has 1 saturated heterocycles. The lowest BCUT2D eigenvalue weighted by atomic mass is 9.70. The van der Waals surface area contributed by atoms with Crippen molar-refractivity contribution in [1.82, 2.24) is 9.88 Å². The first-order chi connectivity index (χ1) is 16.2. The number of halogens is 2. The number of ether oxygens (including phenoxy) is 3. The minimum absolute atomic E-state index is 0.0631. The van der Waals surface area contributed by atoms with Gasteiger partial charge in [-0.25, -0.2) is 8.78 Å². The number of methoxy groups -OCH3 is 2. The molecule has 34 heavy (non-hydrogen) atoms. The second kappa shape index (κ2) is 9.27. The Balaban J connectivity index is 1.73. The molecule has 0 spiro atoms. The van der Waals surface area contributed by atoms with Crippen LogP contribution in [-0.2, 0) is 16.0 Å². The van der Waals surface area contributed by atoms with Crippen LogP contribution in [0.15, 0.2) is 29.2 Å². The molecule has 1 aromatic heterocycles. The van der Waals surface area contributed by atoms with Crippen molar-refractivity contribution < 1.29 is 32.6 Å². The van der Waals surface area contributed by atoms with Crippen molar-refractivity contribution in [3.8, 4) is 5.75 Å². The molecule has 8 nitrogen and oxygen atoms in total. The molecule has 1 amide bonds. The monoisotopic (exact) mass is 476 g/mol. The number of Topliss-reactive ketones (excluding diaryl/α,β-unsaturated/α-hetero) is 1. The maximum absolute atomic E-state index is 13.9. The molecule has 4 rings (SSSR count). The van der Waals surface area contributed by atoms with E-state index in [0.717, 1.165) is 6.07 Å². The Bertz CT molecular complexity index is 1200. The zero-order valence-corrected chi connectivity index (χ0v) is 19.2. The molecular weight excluding hydrogens is 450 g/mol. The minimum Gasteiger partial charge on any atom is -0.491 e. The molecule has 2 aliphatic heterocycles. The molecular formula is C24H26F2N2O6. The fourth-order valence-corrected chi connectivity index (χ4v) is 4.82. The Kier molecular flexibility index (Phi) is 6.55. The molecule has 1 aromatic carbocycles. The quantitative estimate of drug-likeness (QED) is 0.660. The predicted octanol–water partition coefficient (Wildman–Crippen LogP) is 2.63. The lowest BCUT2D eigenvalue weighted by Gasteiger charge is -2.43. The molecule has 0 saturated carbocycles. The second-order valence-corrected chi connectivity index (χ2v) is 8.72. The van der Waals surface area contributed by atoms with Gasteiger partial charge in [0.25, 0.3) is 5.91 Å². The number of ketones is 1. The molecule has 10 heteroatoms. The van der Waals surface area contributed by atoms with Crippen LogP contribution < -0.4 is 15.5 Å². The summed E-state index contributed by atoms with van der Waals surface area (Å²) in [5, 5.41) is 2.49.